The number of furan rings is 1. The molecule has 5 heteroatoms. The van der Waals surface area contributed by atoms with Gasteiger partial charge in [0.1, 0.15) is 0 Å². The summed E-state index contributed by atoms with van der Waals surface area (Å²) in [4.78, 5) is 0. The lowest BCUT2D eigenvalue weighted by Crippen LogP contribution is -2.01. The average Bonchev–Trinajstić information content (AvgIpc) is 3.15. The zero-order valence-corrected chi connectivity index (χ0v) is 11.5. The van der Waals surface area contributed by atoms with Gasteiger partial charge in [-0.3, -0.25) is 0 Å². The SMILES string of the molecule is Fc1cccc2c1oc1c(F)c(/C=C/C3OCCO3)ccc12. The van der Waals surface area contributed by atoms with Crippen LogP contribution in [0.25, 0.3) is 28.0 Å². The van der Waals surface area contributed by atoms with Gasteiger partial charge < -0.3 is 13.9 Å². The van der Waals surface area contributed by atoms with Gasteiger partial charge in [0.2, 0.25) is 0 Å². The van der Waals surface area contributed by atoms with E-state index in [1.54, 1.807) is 36.4 Å². The van der Waals surface area contributed by atoms with Gasteiger partial charge in [0.15, 0.2) is 29.1 Å². The number of hydrogen-bond acceptors (Lipinski definition) is 3. The zero-order valence-electron chi connectivity index (χ0n) is 11.5. The summed E-state index contributed by atoms with van der Waals surface area (Å²) < 4.78 is 44.2. The molecule has 1 aromatic heterocycles. The second-order valence-corrected chi connectivity index (χ2v) is 5.03. The van der Waals surface area contributed by atoms with Crippen LogP contribution in [0, 0.1) is 11.6 Å². The molecule has 0 radical (unpaired) electrons. The lowest BCUT2D eigenvalue weighted by atomic mass is 10.1. The summed E-state index contributed by atoms with van der Waals surface area (Å²) in [5.74, 6) is -1.03. The van der Waals surface area contributed by atoms with E-state index >= 15 is 0 Å². The van der Waals surface area contributed by atoms with E-state index < -0.39 is 17.9 Å². The van der Waals surface area contributed by atoms with Crippen LogP contribution < -0.4 is 0 Å². The van der Waals surface area contributed by atoms with Crippen molar-refractivity contribution in [3.05, 3.63) is 53.6 Å². The highest BCUT2D eigenvalue weighted by Gasteiger charge is 2.16. The number of para-hydroxylation sites is 1. The van der Waals surface area contributed by atoms with Crippen molar-refractivity contribution in [1.29, 1.82) is 0 Å². The van der Waals surface area contributed by atoms with Crippen LogP contribution in [0.2, 0.25) is 0 Å². The molecule has 0 amide bonds. The highest BCUT2D eigenvalue weighted by Crippen LogP contribution is 2.33. The van der Waals surface area contributed by atoms with Gasteiger partial charge >= 0.3 is 0 Å². The van der Waals surface area contributed by atoms with Gasteiger partial charge in [-0.05, 0) is 18.2 Å². The van der Waals surface area contributed by atoms with Gasteiger partial charge in [-0.2, -0.15) is 0 Å². The van der Waals surface area contributed by atoms with E-state index in [4.69, 9.17) is 13.9 Å². The summed E-state index contributed by atoms with van der Waals surface area (Å²) in [5, 5.41) is 1.12. The first-order valence-corrected chi connectivity index (χ1v) is 6.95. The number of halogens is 2. The van der Waals surface area contributed by atoms with Gasteiger partial charge in [-0.25, -0.2) is 8.78 Å². The van der Waals surface area contributed by atoms with E-state index in [1.165, 1.54) is 6.07 Å². The van der Waals surface area contributed by atoms with Crippen molar-refractivity contribution < 1.29 is 22.7 Å². The first-order valence-electron chi connectivity index (χ1n) is 6.95. The summed E-state index contributed by atoms with van der Waals surface area (Å²) in [6, 6.07) is 7.92. The second kappa shape index (κ2) is 5.19. The normalized spacial score (nSPS) is 16.5. The summed E-state index contributed by atoms with van der Waals surface area (Å²) in [7, 11) is 0. The molecule has 0 unspecified atom stereocenters. The Morgan fingerprint density at radius 1 is 0.955 bits per heavy atom. The Bertz CT molecular complexity index is 876. The highest BCUT2D eigenvalue weighted by molar-refractivity contribution is 6.05. The van der Waals surface area contributed by atoms with Crippen LogP contribution in [0.3, 0.4) is 0 Å². The molecule has 1 aliphatic rings. The molecule has 2 aromatic carbocycles. The highest BCUT2D eigenvalue weighted by atomic mass is 19.1. The fourth-order valence-corrected chi connectivity index (χ4v) is 2.61. The largest absolute Gasteiger partial charge is 0.450 e. The molecule has 1 aliphatic heterocycles. The Kier molecular flexibility index (Phi) is 3.17. The first kappa shape index (κ1) is 13.4. The Morgan fingerprint density at radius 3 is 2.55 bits per heavy atom. The number of rotatable bonds is 2. The molecular weight excluding hydrogens is 290 g/mol. The molecule has 1 saturated heterocycles. The maximum absolute atomic E-state index is 14.6. The first-order chi connectivity index (χ1) is 10.7. The minimum absolute atomic E-state index is 0.0514. The molecule has 2 heterocycles. The number of hydrogen-bond donors (Lipinski definition) is 0. The van der Waals surface area contributed by atoms with Crippen LogP contribution in [0.15, 0.2) is 40.8 Å². The number of fused-ring (bicyclic) bond motifs is 3. The zero-order chi connectivity index (χ0) is 15.1. The third-order valence-electron chi connectivity index (χ3n) is 3.67. The van der Waals surface area contributed by atoms with Gasteiger partial charge in [-0.1, -0.05) is 24.3 Å². The monoisotopic (exact) mass is 302 g/mol. The van der Waals surface area contributed by atoms with E-state index in [1.807, 2.05) is 0 Å². The van der Waals surface area contributed by atoms with Crippen molar-refractivity contribution in [2.75, 3.05) is 13.2 Å². The summed E-state index contributed by atoms with van der Waals surface area (Å²) in [6.07, 6.45) is 2.76. The quantitative estimate of drug-likeness (QED) is 0.709. The third kappa shape index (κ3) is 2.10. The lowest BCUT2D eigenvalue weighted by Gasteiger charge is -2.02. The van der Waals surface area contributed by atoms with E-state index in [9.17, 15) is 8.78 Å². The topological polar surface area (TPSA) is 31.6 Å². The number of ether oxygens (including phenoxy) is 2. The van der Waals surface area contributed by atoms with Gasteiger partial charge in [0.05, 0.1) is 13.2 Å². The predicted molar refractivity (Wildman–Crippen MR) is 78.4 cm³/mol. The third-order valence-corrected chi connectivity index (χ3v) is 3.67. The molecule has 22 heavy (non-hydrogen) atoms. The lowest BCUT2D eigenvalue weighted by molar-refractivity contribution is -0.000913. The smallest absolute Gasteiger partial charge is 0.177 e. The molecule has 0 saturated carbocycles. The maximum Gasteiger partial charge on any atom is 0.177 e. The van der Waals surface area contributed by atoms with Crippen LogP contribution in [0.1, 0.15) is 5.56 Å². The van der Waals surface area contributed by atoms with Crippen LogP contribution in [0.4, 0.5) is 8.78 Å². The summed E-state index contributed by atoms with van der Waals surface area (Å²) >= 11 is 0. The molecule has 3 nitrogen and oxygen atoms in total. The molecular formula is C17H12F2O3. The summed E-state index contributed by atoms with van der Waals surface area (Å²) in [5.41, 5.74) is 0.460. The Hall–Kier alpha value is -2.24. The van der Waals surface area contributed by atoms with Crippen molar-refractivity contribution in [2.45, 2.75) is 6.29 Å². The standard InChI is InChI=1S/C17H12F2O3/c18-13-3-1-2-11-12-6-4-10(5-7-14-20-8-9-21-14)15(19)17(12)22-16(11)13/h1-7,14H,8-9H2/b7-5+. The van der Waals surface area contributed by atoms with Crippen molar-refractivity contribution in [3.63, 3.8) is 0 Å². The van der Waals surface area contributed by atoms with Crippen molar-refractivity contribution in [1.82, 2.24) is 0 Å². The van der Waals surface area contributed by atoms with Crippen LogP contribution in [-0.2, 0) is 9.47 Å². The van der Waals surface area contributed by atoms with Gasteiger partial charge in [-0.15, -0.1) is 0 Å². The fourth-order valence-electron chi connectivity index (χ4n) is 2.61. The molecule has 3 aromatic rings. The minimum Gasteiger partial charge on any atom is -0.450 e. The van der Waals surface area contributed by atoms with E-state index in [2.05, 4.69) is 0 Å². The Balaban J connectivity index is 1.83. The van der Waals surface area contributed by atoms with Crippen LogP contribution in [-0.4, -0.2) is 19.5 Å². The molecule has 0 bridgehead atoms. The molecule has 1 fully saturated rings. The molecule has 0 atom stereocenters. The predicted octanol–water partition coefficient (Wildman–Crippen LogP) is 4.25. The second-order valence-electron chi connectivity index (χ2n) is 5.03. The van der Waals surface area contributed by atoms with E-state index in [0.717, 1.165) is 0 Å². The fraction of sp³-hybridized carbons (Fsp3) is 0.176. The molecule has 4 rings (SSSR count). The van der Waals surface area contributed by atoms with Crippen LogP contribution in [0.5, 0.6) is 0 Å². The van der Waals surface area contributed by atoms with Gasteiger partial charge in [0.25, 0.3) is 0 Å². The van der Waals surface area contributed by atoms with E-state index in [-0.39, 0.29) is 11.2 Å². The average molecular weight is 302 g/mol. The van der Waals surface area contributed by atoms with Crippen molar-refractivity contribution in [2.24, 2.45) is 0 Å². The number of benzene rings is 2. The minimum atomic E-state index is -0.526. The van der Waals surface area contributed by atoms with Crippen LogP contribution >= 0.6 is 0 Å². The molecule has 0 N–H and O–H groups in total. The Morgan fingerprint density at radius 2 is 1.73 bits per heavy atom. The van der Waals surface area contributed by atoms with Crippen molar-refractivity contribution in [3.8, 4) is 0 Å². The van der Waals surface area contributed by atoms with Gasteiger partial charge in [0, 0.05) is 16.3 Å². The summed E-state index contributed by atoms with van der Waals surface area (Å²) in [6.45, 7) is 1.05. The van der Waals surface area contributed by atoms with E-state index in [0.29, 0.717) is 29.5 Å². The molecule has 112 valence electrons. The maximum atomic E-state index is 14.6. The Labute approximate surface area is 124 Å². The molecule has 0 spiro atoms. The molecule has 0 aliphatic carbocycles. The van der Waals surface area contributed by atoms with Crippen molar-refractivity contribution >= 4 is 28.0 Å².